The monoisotopic (exact) mass is 271 g/mol. The second-order valence-electron chi connectivity index (χ2n) is 3.92. The van der Waals surface area contributed by atoms with Crippen LogP contribution < -0.4 is 4.74 Å². The number of aromatic nitrogens is 3. The molecule has 0 atom stereocenters. The van der Waals surface area contributed by atoms with Crippen molar-refractivity contribution in [3.05, 3.63) is 54.6 Å². The Kier molecular flexibility index (Phi) is 3.25. The number of alkyl halides is 1. The number of pyridine rings is 1. The summed E-state index contributed by atoms with van der Waals surface area (Å²) in [7, 11) is 0. The normalized spacial score (nSPS) is 10.6. The summed E-state index contributed by atoms with van der Waals surface area (Å²) in [6.45, 7) is 0. The number of hydrogen-bond donors (Lipinski definition) is 0. The van der Waals surface area contributed by atoms with E-state index in [1.165, 1.54) is 6.33 Å². The van der Waals surface area contributed by atoms with Crippen molar-refractivity contribution in [1.82, 2.24) is 15.0 Å². The van der Waals surface area contributed by atoms with Crippen LogP contribution in [0.25, 0.3) is 10.9 Å². The fraction of sp³-hybridized carbons (Fsp3) is 0.0714. The third-order valence-corrected chi connectivity index (χ3v) is 2.98. The van der Waals surface area contributed by atoms with E-state index in [0.29, 0.717) is 17.5 Å². The average Bonchev–Trinajstić information content (AvgIpc) is 2.48. The van der Waals surface area contributed by atoms with Gasteiger partial charge in [-0.05, 0) is 12.1 Å². The molecule has 3 rings (SSSR count). The van der Waals surface area contributed by atoms with E-state index >= 15 is 0 Å². The second-order valence-corrected chi connectivity index (χ2v) is 4.19. The smallest absolute Gasteiger partial charge is 0.226 e. The fourth-order valence-corrected chi connectivity index (χ4v) is 1.98. The lowest BCUT2D eigenvalue weighted by molar-refractivity contribution is 0.461. The molecule has 0 saturated heterocycles. The number of nitrogens with zero attached hydrogens (tertiary/aromatic N) is 3. The highest BCUT2D eigenvalue weighted by molar-refractivity contribution is 6.17. The molecule has 0 bridgehead atoms. The van der Waals surface area contributed by atoms with E-state index in [1.54, 1.807) is 12.4 Å². The van der Waals surface area contributed by atoms with E-state index < -0.39 is 0 Å². The van der Waals surface area contributed by atoms with Crippen LogP contribution in [0.4, 0.5) is 0 Å². The summed E-state index contributed by atoms with van der Waals surface area (Å²) in [6, 6.07) is 9.63. The molecule has 0 amide bonds. The summed E-state index contributed by atoms with van der Waals surface area (Å²) in [5.41, 5.74) is 1.54. The van der Waals surface area contributed by atoms with Crippen LogP contribution in [0.3, 0.4) is 0 Å². The molecular weight excluding hydrogens is 262 g/mol. The van der Waals surface area contributed by atoms with Crippen molar-refractivity contribution in [3.63, 3.8) is 0 Å². The van der Waals surface area contributed by atoms with Gasteiger partial charge in [-0.2, -0.15) is 0 Å². The van der Waals surface area contributed by atoms with Crippen molar-refractivity contribution in [2.45, 2.75) is 5.88 Å². The first-order chi connectivity index (χ1) is 9.38. The molecule has 0 fully saturated rings. The van der Waals surface area contributed by atoms with Crippen LogP contribution in [-0.4, -0.2) is 15.0 Å². The van der Waals surface area contributed by atoms with Gasteiger partial charge < -0.3 is 4.74 Å². The number of hydrogen-bond acceptors (Lipinski definition) is 4. The van der Waals surface area contributed by atoms with Crippen LogP contribution in [0, 0.1) is 0 Å². The molecule has 1 aromatic carbocycles. The van der Waals surface area contributed by atoms with Crippen LogP contribution in [-0.2, 0) is 5.88 Å². The number of fused-ring (bicyclic) bond motifs is 1. The quantitative estimate of drug-likeness (QED) is 0.684. The number of ether oxygens (including phenoxy) is 1. The third kappa shape index (κ3) is 2.35. The predicted octanol–water partition coefficient (Wildman–Crippen LogP) is 3.56. The first-order valence-electron chi connectivity index (χ1n) is 5.75. The zero-order valence-electron chi connectivity index (χ0n) is 9.95. The lowest BCUT2D eigenvalue weighted by Gasteiger charge is -2.09. The zero-order chi connectivity index (χ0) is 13.1. The summed E-state index contributed by atoms with van der Waals surface area (Å²) in [5, 5.41) is 1.02. The molecule has 3 aromatic rings. The molecule has 2 heterocycles. The van der Waals surface area contributed by atoms with Crippen LogP contribution in [0.5, 0.6) is 11.6 Å². The summed E-state index contributed by atoms with van der Waals surface area (Å²) in [4.78, 5) is 12.4. The van der Waals surface area contributed by atoms with E-state index in [1.807, 2.05) is 30.3 Å². The minimum absolute atomic E-state index is 0.300. The minimum atomic E-state index is 0.300. The van der Waals surface area contributed by atoms with Crippen molar-refractivity contribution < 1.29 is 4.74 Å². The van der Waals surface area contributed by atoms with Gasteiger partial charge in [0.05, 0.1) is 5.88 Å². The van der Waals surface area contributed by atoms with Gasteiger partial charge in [-0.1, -0.05) is 18.2 Å². The average molecular weight is 272 g/mol. The van der Waals surface area contributed by atoms with E-state index in [-0.39, 0.29) is 0 Å². The van der Waals surface area contributed by atoms with Gasteiger partial charge in [0.15, 0.2) is 5.75 Å². The van der Waals surface area contributed by atoms with Crippen molar-refractivity contribution in [1.29, 1.82) is 0 Å². The van der Waals surface area contributed by atoms with Crippen molar-refractivity contribution >= 4 is 22.5 Å². The molecule has 0 aliphatic carbocycles. The molecule has 0 saturated carbocycles. The van der Waals surface area contributed by atoms with Crippen molar-refractivity contribution in [2.75, 3.05) is 0 Å². The maximum atomic E-state index is 5.84. The standard InChI is InChI=1S/C14H10ClN3O/c15-7-11-8-16-9-18-14(11)19-12-5-1-3-10-4-2-6-17-13(10)12/h1-6,8-9H,7H2. The van der Waals surface area contributed by atoms with Gasteiger partial charge in [-0.3, -0.25) is 4.98 Å². The topological polar surface area (TPSA) is 47.9 Å². The largest absolute Gasteiger partial charge is 0.436 e. The molecule has 0 aliphatic rings. The lowest BCUT2D eigenvalue weighted by Crippen LogP contribution is -1.95. The van der Waals surface area contributed by atoms with Crippen LogP contribution in [0.15, 0.2) is 49.1 Å². The molecule has 19 heavy (non-hydrogen) atoms. The fourth-order valence-electron chi connectivity index (χ4n) is 1.79. The highest BCUT2D eigenvalue weighted by Crippen LogP contribution is 2.29. The Morgan fingerprint density at radius 1 is 1.11 bits per heavy atom. The van der Waals surface area contributed by atoms with Crippen molar-refractivity contribution in [3.8, 4) is 11.6 Å². The number of para-hydroxylation sites is 1. The first kappa shape index (κ1) is 11.9. The zero-order valence-corrected chi connectivity index (χ0v) is 10.7. The van der Waals surface area contributed by atoms with Gasteiger partial charge in [0.2, 0.25) is 5.88 Å². The predicted molar refractivity (Wildman–Crippen MR) is 73.4 cm³/mol. The minimum Gasteiger partial charge on any atom is -0.436 e. The first-order valence-corrected chi connectivity index (χ1v) is 6.28. The second kappa shape index (κ2) is 5.20. The Balaban J connectivity index is 2.06. The lowest BCUT2D eigenvalue weighted by atomic mass is 10.2. The third-order valence-electron chi connectivity index (χ3n) is 2.69. The molecule has 4 nitrogen and oxygen atoms in total. The van der Waals surface area contributed by atoms with Crippen molar-refractivity contribution in [2.24, 2.45) is 0 Å². The summed E-state index contributed by atoms with van der Waals surface area (Å²) >= 11 is 5.84. The summed E-state index contributed by atoms with van der Waals surface area (Å²) in [6.07, 6.45) is 4.81. The number of rotatable bonds is 3. The molecule has 2 aromatic heterocycles. The van der Waals surface area contributed by atoms with E-state index in [9.17, 15) is 0 Å². The van der Waals surface area contributed by atoms with Gasteiger partial charge in [-0.25, -0.2) is 9.97 Å². The molecule has 0 unspecified atom stereocenters. The molecule has 0 radical (unpaired) electrons. The van der Waals surface area contributed by atoms with E-state index in [2.05, 4.69) is 15.0 Å². The molecular formula is C14H10ClN3O. The molecule has 0 aliphatic heterocycles. The van der Waals surface area contributed by atoms with Crippen LogP contribution in [0.2, 0.25) is 0 Å². The Labute approximate surface area is 115 Å². The maximum Gasteiger partial charge on any atom is 0.226 e. The van der Waals surface area contributed by atoms with Crippen LogP contribution >= 0.6 is 11.6 Å². The van der Waals surface area contributed by atoms with E-state index in [0.717, 1.165) is 16.5 Å². The Morgan fingerprint density at radius 3 is 2.89 bits per heavy atom. The Bertz CT molecular complexity index is 712. The Morgan fingerprint density at radius 2 is 2.00 bits per heavy atom. The molecule has 94 valence electrons. The maximum absolute atomic E-state index is 5.84. The van der Waals surface area contributed by atoms with Gasteiger partial charge in [-0.15, -0.1) is 11.6 Å². The van der Waals surface area contributed by atoms with Crippen LogP contribution in [0.1, 0.15) is 5.56 Å². The highest BCUT2D eigenvalue weighted by Gasteiger charge is 2.08. The highest BCUT2D eigenvalue weighted by atomic mass is 35.5. The number of halogens is 1. The Hall–Kier alpha value is -2.20. The molecule has 5 heteroatoms. The molecule has 0 N–H and O–H groups in total. The summed E-state index contributed by atoms with van der Waals surface area (Å²) in [5.74, 6) is 1.42. The van der Waals surface area contributed by atoms with E-state index in [4.69, 9.17) is 16.3 Å². The van der Waals surface area contributed by atoms with Gasteiger partial charge in [0.25, 0.3) is 0 Å². The molecule has 0 spiro atoms. The SMILES string of the molecule is ClCc1cncnc1Oc1cccc2cccnc12. The van der Waals surface area contributed by atoms with Gasteiger partial charge in [0.1, 0.15) is 11.8 Å². The van der Waals surface area contributed by atoms with Gasteiger partial charge >= 0.3 is 0 Å². The summed E-state index contributed by atoms with van der Waals surface area (Å²) < 4.78 is 5.82. The number of benzene rings is 1. The van der Waals surface area contributed by atoms with Gasteiger partial charge in [0, 0.05) is 23.3 Å².